The minimum Gasteiger partial charge on any atom is -0.331 e. The summed E-state index contributed by atoms with van der Waals surface area (Å²) in [5.74, 6) is 1.16. The Morgan fingerprint density at radius 3 is 2.92 bits per heavy atom. The van der Waals surface area contributed by atoms with E-state index in [0.717, 1.165) is 36.2 Å². The topological polar surface area (TPSA) is 43.6 Å². The number of aromatic nitrogens is 4. The lowest BCUT2D eigenvalue weighted by Crippen LogP contribution is -2.27. The summed E-state index contributed by atoms with van der Waals surface area (Å²) in [6, 6.07) is 0. The molecule has 24 heavy (non-hydrogen) atoms. The Balaban J connectivity index is 1.52. The van der Waals surface area contributed by atoms with Gasteiger partial charge < -0.3 is 4.57 Å². The lowest BCUT2D eigenvalue weighted by Gasteiger charge is -2.28. The lowest BCUT2D eigenvalue weighted by atomic mass is 9.89. The maximum atomic E-state index is 13.4. The van der Waals surface area contributed by atoms with Gasteiger partial charge in [-0.25, -0.2) is 9.37 Å². The highest BCUT2D eigenvalue weighted by Crippen LogP contribution is 2.34. The van der Waals surface area contributed by atoms with Crippen molar-refractivity contribution in [3.05, 3.63) is 11.3 Å². The molecule has 2 heterocycles. The molecule has 7 heteroatoms. The number of hydrogen-bond acceptors (Lipinski definition) is 4. The highest BCUT2D eigenvalue weighted by Gasteiger charge is 2.29. The summed E-state index contributed by atoms with van der Waals surface area (Å²) >= 11 is 7.92. The van der Waals surface area contributed by atoms with E-state index in [4.69, 9.17) is 16.6 Å². The number of aryl methyl sites for hydroxylation is 2. The highest BCUT2D eigenvalue weighted by atomic mass is 35.5. The fourth-order valence-corrected chi connectivity index (χ4v) is 5.46. The first kappa shape index (κ1) is 16.6. The molecule has 0 N–H and O–H groups in total. The Bertz CT molecular complexity index is 750. The maximum Gasteiger partial charge on any atom is 0.211 e. The van der Waals surface area contributed by atoms with Crippen LogP contribution in [0.15, 0.2) is 5.16 Å². The SMILES string of the molecule is Cn1c2c(c3nnc(SCC4CCC(F)CC4Cl)nc31)CCCC2. The Labute approximate surface area is 150 Å². The van der Waals surface area contributed by atoms with Crippen LogP contribution in [0.5, 0.6) is 0 Å². The number of alkyl halides is 2. The van der Waals surface area contributed by atoms with Gasteiger partial charge in [-0.1, -0.05) is 11.8 Å². The second kappa shape index (κ2) is 6.79. The molecule has 0 aromatic carbocycles. The van der Waals surface area contributed by atoms with Crippen LogP contribution in [-0.4, -0.2) is 37.1 Å². The molecule has 0 saturated heterocycles. The third kappa shape index (κ3) is 3.03. The molecule has 0 aliphatic heterocycles. The first-order valence-corrected chi connectivity index (χ1v) is 10.2. The van der Waals surface area contributed by atoms with Crippen molar-refractivity contribution in [2.45, 2.75) is 61.7 Å². The van der Waals surface area contributed by atoms with Crippen LogP contribution in [0.4, 0.5) is 4.39 Å². The fourth-order valence-electron chi connectivity index (χ4n) is 3.94. The number of hydrogen-bond donors (Lipinski definition) is 0. The fraction of sp³-hybridized carbons (Fsp3) is 0.706. The quantitative estimate of drug-likeness (QED) is 0.604. The number of thioether (sulfide) groups is 1. The van der Waals surface area contributed by atoms with E-state index in [9.17, 15) is 4.39 Å². The molecule has 3 unspecified atom stereocenters. The Morgan fingerprint density at radius 1 is 1.25 bits per heavy atom. The summed E-state index contributed by atoms with van der Waals surface area (Å²) < 4.78 is 15.6. The average molecular weight is 369 g/mol. The molecule has 0 spiro atoms. The monoisotopic (exact) mass is 368 g/mol. The average Bonchev–Trinajstić information content (AvgIpc) is 2.87. The standard InChI is InChI=1S/C17H22ClFN4S/c1-23-14-5-3-2-4-12(14)15-16(23)20-17(22-21-15)24-9-10-6-7-11(19)8-13(10)18/h10-11,13H,2-9H2,1H3. The van der Waals surface area contributed by atoms with Gasteiger partial charge in [-0.15, -0.1) is 21.8 Å². The predicted molar refractivity (Wildman–Crippen MR) is 95.5 cm³/mol. The summed E-state index contributed by atoms with van der Waals surface area (Å²) in [5, 5.41) is 9.40. The Morgan fingerprint density at radius 2 is 2.08 bits per heavy atom. The summed E-state index contributed by atoms with van der Waals surface area (Å²) in [5.41, 5.74) is 4.60. The molecular weight excluding hydrogens is 347 g/mol. The molecule has 2 aromatic heterocycles. The van der Waals surface area contributed by atoms with Gasteiger partial charge >= 0.3 is 0 Å². The maximum absolute atomic E-state index is 13.4. The van der Waals surface area contributed by atoms with Gasteiger partial charge in [0.15, 0.2) is 5.65 Å². The lowest BCUT2D eigenvalue weighted by molar-refractivity contribution is 0.221. The van der Waals surface area contributed by atoms with Gasteiger partial charge in [-0.3, -0.25) is 0 Å². The van der Waals surface area contributed by atoms with Crippen LogP contribution in [-0.2, 0) is 19.9 Å². The molecule has 130 valence electrons. The van der Waals surface area contributed by atoms with Crippen LogP contribution >= 0.6 is 23.4 Å². The van der Waals surface area contributed by atoms with E-state index in [0.29, 0.717) is 23.9 Å². The van der Waals surface area contributed by atoms with Crippen molar-refractivity contribution in [1.29, 1.82) is 0 Å². The molecule has 2 aromatic rings. The van der Waals surface area contributed by atoms with Gasteiger partial charge in [0.1, 0.15) is 11.7 Å². The van der Waals surface area contributed by atoms with Crippen molar-refractivity contribution in [2.75, 3.05) is 5.75 Å². The van der Waals surface area contributed by atoms with Crippen molar-refractivity contribution in [1.82, 2.24) is 19.7 Å². The number of fused-ring (bicyclic) bond motifs is 3. The van der Waals surface area contributed by atoms with Crippen molar-refractivity contribution in [3.8, 4) is 0 Å². The second-order valence-electron chi connectivity index (χ2n) is 6.96. The first-order valence-electron chi connectivity index (χ1n) is 8.75. The summed E-state index contributed by atoms with van der Waals surface area (Å²) in [6.45, 7) is 0. The summed E-state index contributed by atoms with van der Waals surface area (Å²) in [6.07, 6.45) is 5.84. The van der Waals surface area contributed by atoms with E-state index in [1.54, 1.807) is 11.8 Å². The first-order chi connectivity index (χ1) is 11.6. The van der Waals surface area contributed by atoms with E-state index < -0.39 is 6.17 Å². The van der Waals surface area contributed by atoms with Gasteiger partial charge in [0.25, 0.3) is 0 Å². The number of rotatable bonds is 3. The molecule has 0 bridgehead atoms. The number of halogens is 2. The highest BCUT2D eigenvalue weighted by molar-refractivity contribution is 7.99. The van der Waals surface area contributed by atoms with E-state index in [1.807, 2.05) is 0 Å². The third-order valence-electron chi connectivity index (χ3n) is 5.37. The van der Waals surface area contributed by atoms with E-state index in [-0.39, 0.29) is 5.38 Å². The predicted octanol–water partition coefficient (Wildman–Crippen LogP) is 4.08. The zero-order valence-electron chi connectivity index (χ0n) is 13.8. The van der Waals surface area contributed by atoms with Crippen molar-refractivity contribution in [3.63, 3.8) is 0 Å². The Hall–Kier alpha value is -0.880. The van der Waals surface area contributed by atoms with Crippen LogP contribution in [0.2, 0.25) is 0 Å². The van der Waals surface area contributed by atoms with Gasteiger partial charge in [-0.2, -0.15) is 0 Å². The van der Waals surface area contributed by atoms with E-state index >= 15 is 0 Å². The molecule has 1 saturated carbocycles. The van der Waals surface area contributed by atoms with Gasteiger partial charge in [0, 0.05) is 29.4 Å². The van der Waals surface area contributed by atoms with Crippen LogP contribution < -0.4 is 0 Å². The summed E-state index contributed by atoms with van der Waals surface area (Å²) in [7, 11) is 2.08. The van der Waals surface area contributed by atoms with Crippen LogP contribution in [0, 0.1) is 5.92 Å². The second-order valence-corrected chi connectivity index (χ2v) is 8.50. The van der Waals surface area contributed by atoms with Crippen LogP contribution in [0.1, 0.15) is 43.4 Å². The molecular formula is C17H22ClFN4S. The molecule has 4 nitrogen and oxygen atoms in total. The van der Waals surface area contributed by atoms with Crippen LogP contribution in [0.3, 0.4) is 0 Å². The summed E-state index contributed by atoms with van der Waals surface area (Å²) in [4.78, 5) is 4.74. The van der Waals surface area contributed by atoms with Gasteiger partial charge in [-0.05, 0) is 50.9 Å². The zero-order chi connectivity index (χ0) is 16.7. The molecule has 4 rings (SSSR count). The largest absolute Gasteiger partial charge is 0.331 e. The van der Waals surface area contributed by atoms with Gasteiger partial charge in [0.2, 0.25) is 5.16 Å². The molecule has 0 amide bonds. The van der Waals surface area contributed by atoms with Crippen molar-refractivity contribution in [2.24, 2.45) is 13.0 Å². The molecule has 2 aliphatic carbocycles. The van der Waals surface area contributed by atoms with Gasteiger partial charge in [0.05, 0.1) is 0 Å². The minimum absolute atomic E-state index is 0.0831. The van der Waals surface area contributed by atoms with Crippen molar-refractivity contribution < 1.29 is 4.39 Å². The minimum atomic E-state index is -0.738. The van der Waals surface area contributed by atoms with E-state index in [2.05, 4.69) is 21.8 Å². The normalized spacial score (nSPS) is 27.4. The molecule has 2 aliphatic rings. The molecule has 1 fully saturated rings. The zero-order valence-corrected chi connectivity index (χ0v) is 15.4. The Kier molecular flexibility index (Phi) is 4.69. The van der Waals surface area contributed by atoms with Crippen LogP contribution in [0.25, 0.3) is 11.2 Å². The molecule has 3 atom stereocenters. The molecule has 0 radical (unpaired) electrons. The number of nitrogens with zero attached hydrogens (tertiary/aromatic N) is 4. The van der Waals surface area contributed by atoms with E-state index in [1.165, 1.54) is 24.1 Å². The third-order valence-corrected chi connectivity index (χ3v) is 6.93. The smallest absolute Gasteiger partial charge is 0.211 e. The van der Waals surface area contributed by atoms with Crippen molar-refractivity contribution >= 4 is 34.5 Å².